The van der Waals surface area contributed by atoms with Crippen LogP contribution in [0.1, 0.15) is 30.1 Å². The van der Waals surface area contributed by atoms with Crippen LogP contribution in [-0.4, -0.2) is 37.4 Å². The highest BCUT2D eigenvalue weighted by atomic mass is 19.4. The molecule has 1 saturated heterocycles. The predicted octanol–water partition coefficient (Wildman–Crippen LogP) is 2.62. The normalized spacial score (nSPS) is 22.4. The molecule has 1 fully saturated rings. The lowest BCUT2D eigenvalue weighted by Crippen LogP contribution is -2.40. The minimum Gasteiger partial charge on any atom is -0.396 e. The number of hydrogen-bond donors (Lipinski definition) is 2. The summed E-state index contributed by atoms with van der Waals surface area (Å²) in [5.41, 5.74) is -1.46. The van der Waals surface area contributed by atoms with E-state index in [2.05, 4.69) is 5.32 Å². The van der Waals surface area contributed by atoms with Crippen molar-refractivity contribution in [3.63, 3.8) is 0 Å². The zero-order chi connectivity index (χ0) is 17.8. The zero-order valence-corrected chi connectivity index (χ0v) is 12.9. The van der Waals surface area contributed by atoms with Crippen LogP contribution >= 0.6 is 0 Å². The van der Waals surface area contributed by atoms with Gasteiger partial charge in [0.25, 0.3) is 5.91 Å². The quantitative estimate of drug-likeness (QED) is 0.777. The highest BCUT2D eigenvalue weighted by Crippen LogP contribution is 2.32. The van der Waals surface area contributed by atoms with E-state index in [0.717, 1.165) is 24.3 Å². The average Bonchev–Trinajstić information content (AvgIpc) is 3.00. The first-order chi connectivity index (χ1) is 11.3. The van der Waals surface area contributed by atoms with Gasteiger partial charge in [-0.2, -0.15) is 13.2 Å². The van der Waals surface area contributed by atoms with Gasteiger partial charge in [-0.3, -0.25) is 4.79 Å². The smallest absolute Gasteiger partial charge is 0.396 e. The van der Waals surface area contributed by atoms with E-state index < -0.39 is 29.2 Å². The summed E-state index contributed by atoms with van der Waals surface area (Å²) in [6.45, 7) is 0.948. The van der Waals surface area contributed by atoms with Gasteiger partial charge in [0, 0.05) is 25.2 Å². The molecule has 1 heterocycles. The summed E-state index contributed by atoms with van der Waals surface area (Å²) in [7, 11) is 0. The van der Waals surface area contributed by atoms with Crippen molar-refractivity contribution < 1.29 is 32.2 Å². The second kappa shape index (κ2) is 7.48. The molecule has 0 saturated carbocycles. The zero-order valence-electron chi connectivity index (χ0n) is 12.9. The van der Waals surface area contributed by atoms with E-state index >= 15 is 0 Å². The first-order valence-electron chi connectivity index (χ1n) is 7.55. The number of aliphatic hydroxyl groups excluding tert-OH is 1. The fourth-order valence-corrected chi connectivity index (χ4v) is 2.67. The van der Waals surface area contributed by atoms with Gasteiger partial charge in [0.2, 0.25) is 6.17 Å². The average molecular weight is 349 g/mol. The SMILES string of the molecule is O=C(NC[C@@]1(CCO)CCOC1)[C@H](F)c1ccc(C(F)(F)F)cc1. The molecule has 24 heavy (non-hydrogen) atoms. The van der Waals surface area contributed by atoms with Gasteiger partial charge in [-0.15, -0.1) is 0 Å². The van der Waals surface area contributed by atoms with Crippen LogP contribution < -0.4 is 5.32 Å². The number of hydrogen-bond acceptors (Lipinski definition) is 3. The Morgan fingerprint density at radius 1 is 1.33 bits per heavy atom. The van der Waals surface area contributed by atoms with Crippen LogP contribution in [0.3, 0.4) is 0 Å². The molecule has 134 valence electrons. The number of carbonyl (C=O) groups is 1. The lowest BCUT2D eigenvalue weighted by atomic mass is 9.84. The van der Waals surface area contributed by atoms with E-state index in [9.17, 15) is 22.4 Å². The number of alkyl halides is 4. The maximum Gasteiger partial charge on any atom is 0.416 e. The van der Waals surface area contributed by atoms with Gasteiger partial charge in [-0.1, -0.05) is 12.1 Å². The monoisotopic (exact) mass is 349 g/mol. The Morgan fingerprint density at radius 3 is 2.50 bits per heavy atom. The molecule has 1 aromatic rings. The number of nitrogens with one attached hydrogen (secondary N) is 1. The predicted molar refractivity (Wildman–Crippen MR) is 77.9 cm³/mol. The number of amides is 1. The highest BCUT2D eigenvalue weighted by molar-refractivity contribution is 5.82. The standard InChI is InChI=1S/C16H19F4NO3/c17-13(11-1-3-12(4-2-11)16(18,19)20)14(23)21-9-15(5-7-22)6-8-24-10-15/h1-4,13,22H,5-10H2,(H,21,23)/t13-,15-/m1/s1. The lowest BCUT2D eigenvalue weighted by molar-refractivity contribution is -0.137. The van der Waals surface area contributed by atoms with E-state index in [-0.39, 0.29) is 18.7 Å². The molecule has 2 rings (SSSR count). The number of carbonyl (C=O) groups excluding carboxylic acids is 1. The Bertz CT molecular complexity index is 553. The number of aliphatic hydroxyl groups is 1. The summed E-state index contributed by atoms with van der Waals surface area (Å²) in [6, 6.07) is 3.39. The van der Waals surface area contributed by atoms with Gasteiger partial charge in [0.15, 0.2) is 0 Å². The topological polar surface area (TPSA) is 58.6 Å². The molecule has 2 atom stereocenters. The van der Waals surface area contributed by atoms with Gasteiger partial charge >= 0.3 is 6.18 Å². The van der Waals surface area contributed by atoms with Crippen molar-refractivity contribution >= 4 is 5.91 Å². The summed E-state index contributed by atoms with van der Waals surface area (Å²) in [6.07, 6.45) is -5.50. The first-order valence-corrected chi connectivity index (χ1v) is 7.55. The number of benzene rings is 1. The third-order valence-electron chi connectivity index (χ3n) is 4.23. The maximum atomic E-state index is 14.2. The second-order valence-corrected chi connectivity index (χ2v) is 5.98. The van der Waals surface area contributed by atoms with Crippen LogP contribution in [-0.2, 0) is 15.7 Å². The number of rotatable bonds is 6. The molecule has 0 radical (unpaired) electrons. The van der Waals surface area contributed by atoms with Crippen molar-refractivity contribution in [1.29, 1.82) is 0 Å². The fraction of sp³-hybridized carbons (Fsp3) is 0.562. The fourth-order valence-electron chi connectivity index (χ4n) is 2.67. The van der Waals surface area contributed by atoms with Crippen LogP contribution in [0.25, 0.3) is 0 Å². The molecule has 2 N–H and O–H groups in total. The van der Waals surface area contributed by atoms with Crippen LogP contribution in [0.4, 0.5) is 17.6 Å². The van der Waals surface area contributed by atoms with E-state index in [1.165, 1.54) is 0 Å². The summed E-state index contributed by atoms with van der Waals surface area (Å²) in [4.78, 5) is 11.9. The summed E-state index contributed by atoms with van der Waals surface area (Å²) < 4.78 is 56.9. The van der Waals surface area contributed by atoms with Gasteiger partial charge in [0.05, 0.1) is 12.2 Å². The summed E-state index contributed by atoms with van der Waals surface area (Å²) in [5.74, 6) is -0.918. The van der Waals surface area contributed by atoms with Crippen LogP contribution in [0.15, 0.2) is 24.3 Å². The van der Waals surface area contributed by atoms with E-state index in [1.54, 1.807) is 0 Å². The molecule has 0 bridgehead atoms. The Labute approximate surface area is 136 Å². The molecule has 0 aliphatic carbocycles. The molecule has 1 aliphatic heterocycles. The number of halogens is 4. The molecule has 1 aliphatic rings. The van der Waals surface area contributed by atoms with Crippen molar-refractivity contribution in [3.8, 4) is 0 Å². The molecule has 0 unspecified atom stereocenters. The van der Waals surface area contributed by atoms with Crippen molar-refractivity contribution in [3.05, 3.63) is 35.4 Å². The molecule has 4 nitrogen and oxygen atoms in total. The molecule has 8 heteroatoms. The molecule has 0 spiro atoms. The third-order valence-corrected chi connectivity index (χ3v) is 4.23. The lowest BCUT2D eigenvalue weighted by Gasteiger charge is -2.27. The largest absolute Gasteiger partial charge is 0.416 e. The molecular weight excluding hydrogens is 330 g/mol. The Balaban J connectivity index is 1.96. The highest BCUT2D eigenvalue weighted by Gasteiger charge is 2.36. The van der Waals surface area contributed by atoms with Crippen molar-refractivity contribution in [2.24, 2.45) is 5.41 Å². The van der Waals surface area contributed by atoms with Gasteiger partial charge in [0.1, 0.15) is 0 Å². The summed E-state index contributed by atoms with van der Waals surface area (Å²) >= 11 is 0. The van der Waals surface area contributed by atoms with Crippen LogP contribution in [0.5, 0.6) is 0 Å². The van der Waals surface area contributed by atoms with Gasteiger partial charge < -0.3 is 15.2 Å². The molecule has 1 aromatic carbocycles. The molecule has 1 amide bonds. The van der Waals surface area contributed by atoms with Gasteiger partial charge in [-0.25, -0.2) is 4.39 Å². The van der Waals surface area contributed by atoms with Crippen molar-refractivity contribution in [2.45, 2.75) is 25.2 Å². The summed E-state index contributed by atoms with van der Waals surface area (Å²) in [5, 5.41) is 11.6. The van der Waals surface area contributed by atoms with Crippen molar-refractivity contribution in [2.75, 3.05) is 26.4 Å². The Hall–Kier alpha value is -1.67. The van der Waals surface area contributed by atoms with E-state index in [0.29, 0.717) is 26.1 Å². The minimum absolute atomic E-state index is 0.0722. The van der Waals surface area contributed by atoms with E-state index in [4.69, 9.17) is 9.84 Å². The van der Waals surface area contributed by atoms with Crippen molar-refractivity contribution in [1.82, 2.24) is 5.32 Å². The minimum atomic E-state index is -4.51. The first kappa shape index (κ1) is 18.7. The van der Waals surface area contributed by atoms with E-state index in [1.807, 2.05) is 0 Å². The van der Waals surface area contributed by atoms with Crippen LogP contribution in [0.2, 0.25) is 0 Å². The third kappa shape index (κ3) is 4.45. The maximum absolute atomic E-state index is 14.2. The van der Waals surface area contributed by atoms with Crippen LogP contribution in [0, 0.1) is 5.41 Å². The molecular formula is C16H19F4NO3. The Morgan fingerprint density at radius 2 is 2.00 bits per heavy atom. The Kier molecular flexibility index (Phi) is 5.82. The van der Waals surface area contributed by atoms with Gasteiger partial charge in [-0.05, 0) is 30.5 Å². The number of ether oxygens (including phenoxy) is 1. The molecule has 0 aromatic heterocycles. The second-order valence-electron chi connectivity index (χ2n) is 5.98.